The first-order chi connectivity index (χ1) is 21.1. The standard InChI is InChI=1S/C35H40N6O2/c1-3-32(42)41-20-19-39(23-27(41)22-36-2)33-30-14-13-26(29-12-6-10-25-9-4-5-11-28(25)29)21-31(30)37-34(38-33)43-24-35-15-7-17-40(35)18-8-16-35/h3,6,10,12-14,21,27H,1,4-5,7-9,11,15-20,22-24H2/t27-/m0/s1. The van der Waals surface area contributed by atoms with Gasteiger partial charge in [0.1, 0.15) is 18.5 Å². The Balaban J connectivity index is 1.27. The van der Waals surface area contributed by atoms with Gasteiger partial charge in [0, 0.05) is 25.0 Å². The molecule has 0 saturated carbocycles. The Morgan fingerprint density at radius 3 is 2.72 bits per heavy atom. The van der Waals surface area contributed by atoms with E-state index in [1.807, 2.05) is 0 Å². The number of hydrogen-bond acceptors (Lipinski definition) is 6. The van der Waals surface area contributed by atoms with Gasteiger partial charge < -0.3 is 19.4 Å². The molecule has 0 spiro atoms. The zero-order valence-electron chi connectivity index (χ0n) is 24.9. The molecular formula is C35H40N6O2. The number of benzene rings is 2. The van der Waals surface area contributed by atoms with Crippen LogP contribution < -0.4 is 9.64 Å². The van der Waals surface area contributed by atoms with E-state index in [-0.39, 0.29) is 24.0 Å². The molecule has 0 N–H and O–H groups in total. The second-order valence-electron chi connectivity index (χ2n) is 12.6. The first-order valence-electron chi connectivity index (χ1n) is 15.9. The third-order valence-corrected chi connectivity index (χ3v) is 10.2. The number of aryl methyl sites for hydroxylation is 1. The lowest BCUT2D eigenvalue weighted by Crippen LogP contribution is -2.56. The van der Waals surface area contributed by atoms with Crippen LogP contribution >= 0.6 is 0 Å². The van der Waals surface area contributed by atoms with E-state index in [9.17, 15) is 4.79 Å². The van der Waals surface area contributed by atoms with E-state index in [0.29, 0.717) is 32.3 Å². The summed E-state index contributed by atoms with van der Waals surface area (Å²) in [5.41, 5.74) is 6.36. The topological polar surface area (TPSA) is 66.2 Å². The van der Waals surface area contributed by atoms with E-state index in [1.54, 1.807) is 4.90 Å². The summed E-state index contributed by atoms with van der Waals surface area (Å²) in [5.74, 6) is 0.687. The summed E-state index contributed by atoms with van der Waals surface area (Å²) < 4.78 is 6.50. The van der Waals surface area contributed by atoms with Gasteiger partial charge in [0.2, 0.25) is 12.5 Å². The molecule has 0 unspecified atom stereocenters. The number of piperazine rings is 1. The van der Waals surface area contributed by atoms with Crippen molar-refractivity contribution in [3.63, 3.8) is 0 Å². The zero-order valence-corrected chi connectivity index (χ0v) is 24.9. The number of rotatable bonds is 7. The number of ether oxygens (including phenoxy) is 1. The second kappa shape index (κ2) is 11.6. The lowest BCUT2D eigenvalue weighted by atomic mass is 9.86. The molecule has 7 rings (SSSR count). The van der Waals surface area contributed by atoms with Crippen LogP contribution in [0.3, 0.4) is 0 Å². The number of carbonyl (C=O) groups excluding carboxylic acids is 1. The van der Waals surface area contributed by atoms with Gasteiger partial charge in [0.25, 0.3) is 0 Å². The number of anilines is 1. The molecule has 43 heavy (non-hydrogen) atoms. The molecule has 8 nitrogen and oxygen atoms in total. The van der Waals surface area contributed by atoms with Crippen molar-refractivity contribution in [1.82, 2.24) is 19.8 Å². The fourth-order valence-electron chi connectivity index (χ4n) is 7.99. The van der Waals surface area contributed by atoms with Crippen molar-refractivity contribution in [1.29, 1.82) is 0 Å². The predicted octanol–water partition coefficient (Wildman–Crippen LogP) is 5.31. The second-order valence-corrected chi connectivity index (χ2v) is 12.6. The normalized spacial score (nSPS) is 21.3. The van der Waals surface area contributed by atoms with E-state index in [4.69, 9.17) is 21.3 Å². The van der Waals surface area contributed by atoms with Crippen molar-refractivity contribution in [2.45, 2.75) is 62.9 Å². The summed E-state index contributed by atoms with van der Waals surface area (Å²) in [6.45, 7) is 16.0. The number of hydrogen-bond donors (Lipinski definition) is 0. The molecule has 0 bridgehead atoms. The Morgan fingerprint density at radius 1 is 1.07 bits per heavy atom. The van der Waals surface area contributed by atoms with Crippen molar-refractivity contribution < 1.29 is 9.53 Å². The largest absolute Gasteiger partial charge is 0.461 e. The monoisotopic (exact) mass is 576 g/mol. The van der Waals surface area contributed by atoms with Crippen molar-refractivity contribution in [3.05, 3.63) is 71.6 Å². The molecule has 4 heterocycles. The summed E-state index contributed by atoms with van der Waals surface area (Å²) in [5, 5.41) is 0.965. The minimum Gasteiger partial charge on any atom is -0.461 e. The molecule has 0 radical (unpaired) electrons. The molecule has 3 aromatic rings. The van der Waals surface area contributed by atoms with E-state index in [1.165, 1.54) is 54.0 Å². The van der Waals surface area contributed by atoms with Crippen LogP contribution in [-0.2, 0) is 17.6 Å². The number of aromatic nitrogens is 2. The molecule has 1 aliphatic carbocycles. The molecule has 1 aromatic heterocycles. The van der Waals surface area contributed by atoms with Gasteiger partial charge in [-0.2, -0.15) is 9.97 Å². The van der Waals surface area contributed by atoms with Crippen LogP contribution in [0.15, 0.2) is 49.1 Å². The molecule has 8 heteroatoms. The van der Waals surface area contributed by atoms with Crippen LogP contribution in [0.25, 0.3) is 26.9 Å². The smallest absolute Gasteiger partial charge is 0.319 e. The first kappa shape index (κ1) is 27.8. The molecule has 3 aliphatic heterocycles. The fourth-order valence-corrected chi connectivity index (χ4v) is 7.99. The minimum absolute atomic E-state index is 0.0980. The average Bonchev–Trinajstić information content (AvgIpc) is 3.63. The number of nitrogens with zero attached hydrogens (tertiary/aromatic N) is 6. The predicted molar refractivity (Wildman–Crippen MR) is 169 cm³/mol. The van der Waals surface area contributed by atoms with Crippen molar-refractivity contribution >= 4 is 22.6 Å². The van der Waals surface area contributed by atoms with Gasteiger partial charge in [-0.15, -0.1) is 0 Å². The summed E-state index contributed by atoms with van der Waals surface area (Å²) >= 11 is 0. The van der Waals surface area contributed by atoms with Crippen LogP contribution in [0.5, 0.6) is 6.01 Å². The molecule has 3 fully saturated rings. The molecular weight excluding hydrogens is 536 g/mol. The molecule has 4 aliphatic rings. The van der Waals surface area contributed by atoms with Crippen LogP contribution in [0.2, 0.25) is 0 Å². The lowest BCUT2D eigenvalue weighted by molar-refractivity contribution is -0.128. The highest BCUT2D eigenvalue weighted by Gasteiger charge is 2.45. The Bertz CT molecular complexity index is 1590. The van der Waals surface area contributed by atoms with E-state index in [0.717, 1.165) is 55.5 Å². The summed E-state index contributed by atoms with van der Waals surface area (Å²) in [6, 6.07) is 13.4. The Kier molecular flexibility index (Phi) is 7.52. The maximum atomic E-state index is 12.6. The van der Waals surface area contributed by atoms with E-state index >= 15 is 0 Å². The Morgan fingerprint density at radius 2 is 1.91 bits per heavy atom. The molecule has 2 aromatic carbocycles. The highest BCUT2D eigenvalue weighted by Crippen LogP contribution is 2.40. The van der Waals surface area contributed by atoms with Crippen molar-refractivity contribution in [3.8, 4) is 17.1 Å². The number of amides is 1. The first-order valence-corrected chi connectivity index (χ1v) is 15.9. The highest BCUT2D eigenvalue weighted by molar-refractivity contribution is 5.93. The molecule has 3 saturated heterocycles. The van der Waals surface area contributed by atoms with Gasteiger partial charge in [0.15, 0.2) is 0 Å². The van der Waals surface area contributed by atoms with Gasteiger partial charge in [0.05, 0.1) is 11.1 Å². The zero-order chi connectivity index (χ0) is 29.4. The number of carbonyl (C=O) groups is 1. The average molecular weight is 577 g/mol. The van der Waals surface area contributed by atoms with E-state index in [2.05, 4.69) is 57.6 Å². The van der Waals surface area contributed by atoms with Gasteiger partial charge in [-0.3, -0.25) is 9.69 Å². The maximum absolute atomic E-state index is 12.6. The van der Waals surface area contributed by atoms with E-state index < -0.39 is 0 Å². The highest BCUT2D eigenvalue weighted by atomic mass is 16.5. The fraction of sp³-hybridized carbons (Fsp3) is 0.486. The van der Waals surface area contributed by atoms with Gasteiger partial charge in [-0.1, -0.05) is 30.8 Å². The van der Waals surface area contributed by atoms with Crippen LogP contribution in [0.4, 0.5) is 5.82 Å². The summed E-state index contributed by atoms with van der Waals surface area (Å²) in [7, 11) is 0. The molecule has 1 amide bonds. The van der Waals surface area contributed by atoms with Crippen LogP contribution in [0.1, 0.15) is 49.7 Å². The quantitative estimate of drug-likeness (QED) is 0.281. The van der Waals surface area contributed by atoms with Crippen LogP contribution in [-0.4, -0.2) is 83.1 Å². The summed E-state index contributed by atoms with van der Waals surface area (Å²) in [6.07, 6.45) is 10.8. The third kappa shape index (κ3) is 5.14. The Labute approximate surface area is 254 Å². The lowest BCUT2D eigenvalue weighted by Gasteiger charge is -2.39. The molecule has 222 valence electrons. The van der Waals surface area contributed by atoms with Crippen LogP contribution in [0, 0.1) is 6.57 Å². The summed E-state index contributed by atoms with van der Waals surface area (Å²) in [4.78, 5) is 32.8. The maximum Gasteiger partial charge on any atom is 0.319 e. The van der Waals surface area contributed by atoms with Gasteiger partial charge >= 0.3 is 6.01 Å². The molecule has 1 atom stereocenters. The van der Waals surface area contributed by atoms with Gasteiger partial charge in [-0.25, -0.2) is 6.57 Å². The minimum atomic E-state index is -0.231. The third-order valence-electron chi connectivity index (χ3n) is 10.2. The Hall–Kier alpha value is -3.96. The SMILES string of the molecule is [C-]#[N+]C[C@H]1CN(c2nc(OCC34CCCN3CCC4)nc3cc(-c4cccc5c4CCCC5)ccc23)CCN1C(=O)C=C. The van der Waals surface area contributed by atoms with Gasteiger partial charge in [-0.05, 0) is 105 Å². The number of fused-ring (bicyclic) bond motifs is 3. The van der Waals surface area contributed by atoms with Crippen molar-refractivity contribution in [2.24, 2.45) is 0 Å². The van der Waals surface area contributed by atoms with Crippen molar-refractivity contribution in [2.75, 3.05) is 50.8 Å².